The Balaban J connectivity index is 1.93. The smallest absolute Gasteiger partial charge is 0.347 e. The number of aromatic nitrogens is 1. The molecule has 0 unspecified atom stereocenters. The number of nitrogens with zero attached hydrogens (tertiary/aromatic N) is 2. The molecule has 0 aliphatic heterocycles. The number of nitrogens with one attached hydrogen (secondary N) is 1. The fraction of sp³-hybridized carbons (Fsp3) is 0.583. The van der Waals surface area contributed by atoms with E-state index in [1.54, 1.807) is 11.8 Å². The second-order valence-electron chi connectivity index (χ2n) is 4.50. The largest absolute Gasteiger partial charge is 0.477 e. The van der Waals surface area contributed by atoms with Crippen LogP contribution < -0.4 is 5.32 Å². The maximum atomic E-state index is 11.9. The Morgan fingerprint density at radius 2 is 2.21 bits per heavy atom. The summed E-state index contributed by atoms with van der Waals surface area (Å²) in [4.78, 5) is 29.0. The van der Waals surface area contributed by atoms with Gasteiger partial charge >= 0.3 is 12.0 Å². The van der Waals surface area contributed by atoms with Crippen LogP contribution in [-0.2, 0) is 6.54 Å². The van der Waals surface area contributed by atoms with Crippen molar-refractivity contribution in [1.82, 2.24) is 15.2 Å². The molecule has 1 saturated carbocycles. The van der Waals surface area contributed by atoms with E-state index in [0.29, 0.717) is 23.3 Å². The minimum Gasteiger partial charge on any atom is -0.477 e. The van der Waals surface area contributed by atoms with E-state index in [4.69, 9.17) is 5.11 Å². The van der Waals surface area contributed by atoms with Gasteiger partial charge in [-0.1, -0.05) is 0 Å². The number of carbonyl (C=O) groups excluding carboxylic acids is 1. The molecule has 1 aromatic heterocycles. The SMILES string of the molecule is CCN(C(=O)NCc1nc(C)c(C(=O)O)s1)C1CC1. The number of rotatable bonds is 5. The van der Waals surface area contributed by atoms with Gasteiger partial charge in [-0.15, -0.1) is 11.3 Å². The summed E-state index contributed by atoms with van der Waals surface area (Å²) >= 11 is 1.11. The summed E-state index contributed by atoms with van der Waals surface area (Å²) < 4.78 is 0. The highest BCUT2D eigenvalue weighted by Gasteiger charge is 2.31. The van der Waals surface area contributed by atoms with E-state index in [-0.39, 0.29) is 17.5 Å². The minimum absolute atomic E-state index is 0.102. The average molecular weight is 283 g/mol. The van der Waals surface area contributed by atoms with Gasteiger partial charge in [0.05, 0.1) is 12.2 Å². The Bertz CT molecular complexity index is 496. The Morgan fingerprint density at radius 1 is 1.53 bits per heavy atom. The number of urea groups is 1. The third-order valence-electron chi connectivity index (χ3n) is 3.02. The van der Waals surface area contributed by atoms with Crippen LogP contribution in [0.15, 0.2) is 0 Å². The maximum Gasteiger partial charge on any atom is 0.347 e. The van der Waals surface area contributed by atoms with Gasteiger partial charge in [0.2, 0.25) is 0 Å². The van der Waals surface area contributed by atoms with Gasteiger partial charge in [-0.2, -0.15) is 0 Å². The highest BCUT2D eigenvalue weighted by atomic mass is 32.1. The highest BCUT2D eigenvalue weighted by molar-refractivity contribution is 7.13. The lowest BCUT2D eigenvalue weighted by molar-refractivity contribution is 0.0701. The van der Waals surface area contributed by atoms with Gasteiger partial charge in [0.15, 0.2) is 0 Å². The Kier molecular flexibility index (Phi) is 4.04. The lowest BCUT2D eigenvalue weighted by atomic mass is 10.4. The molecule has 0 atom stereocenters. The van der Waals surface area contributed by atoms with Gasteiger partial charge < -0.3 is 15.3 Å². The van der Waals surface area contributed by atoms with Crippen molar-refractivity contribution in [2.75, 3.05) is 6.54 Å². The molecule has 1 aliphatic carbocycles. The van der Waals surface area contributed by atoms with Crippen molar-refractivity contribution >= 4 is 23.3 Å². The third-order valence-corrected chi connectivity index (χ3v) is 4.16. The zero-order valence-corrected chi connectivity index (χ0v) is 11.8. The number of hydrogen-bond donors (Lipinski definition) is 2. The van der Waals surface area contributed by atoms with Gasteiger partial charge in [-0.3, -0.25) is 0 Å². The molecule has 0 bridgehead atoms. The lowest BCUT2D eigenvalue weighted by Gasteiger charge is -2.20. The van der Waals surface area contributed by atoms with Crippen molar-refractivity contribution in [2.45, 2.75) is 39.3 Å². The average Bonchev–Trinajstić information content (AvgIpc) is 3.10. The quantitative estimate of drug-likeness (QED) is 0.864. The number of aryl methyl sites for hydroxylation is 1. The monoisotopic (exact) mass is 283 g/mol. The van der Waals surface area contributed by atoms with Crippen LogP contribution in [0.2, 0.25) is 0 Å². The zero-order valence-electron chi connectivity index (χ0n) is 11.0. The van der Waals surface area contributed by atoms with Gasteiger partial charge in [0, 0.05) is 12.6 Å². The van der Waals surface area contributed by atoms with Crippen LogP contribution in [0, 0.1) is 6.92 Å². The zero-order chi connectivity index (χ0) is 14.0. The van der Waals surface area contributed by atoms with Crippen LogP contribution in [0.5, 0.6) is 0 Å². The molecule has 0 spiro atoms. The van der Waals surface area contributed by atoms with Crippen LogP contribution in [0.3, 0.4) is 0 Å². The minimum atomic E-state index is -0.972. The van der Waals surface area contributed by atoms with Crippen molar-refractivity contribution in [3.8, 4) is 0 Å². The van der Waals surface area contributed by atoms with E-state index < -0.39 is 5.97 Å². The topological polar surface area (TPSA) is 82.5 Å². The predicted molar refractivity (Wildman–Crippen MR) is 71.4 cm³/mol. The normalized spacial score (nSPS) is 14.2. The molecular weight excluding hydrogens is 266 g/mol. The molecule has 7 heteroatoms. The number of amides is 2. The first-order valence-corrected chi connectivity index (χ1v) is 7.08. The fourth-order valence-electron chi connectivity index (χ4n) is 1.93. The molecule has 0 radical (unpaired) electrons. The highest BCUT2D eigenvalue weighted by Crippen LogP contribution is 2.26. The second-order valence-corrected chi connectivity index (χ2v) is 5.59. The number of thiazole rings is 1. The summed E-state index contributed by atoms with van der Waals surface area (Å²) in [6.45, 7) is 4.58. The standard InChI is InChI=1S/C12H17N3O3S/c1-3-15(8-4-5-8)12(18)13-6-9-14-7(2)10(19-9)11(16)17/h8H,3-6H2,1-2H3,(H,13,18)(H,16,17). The van der Waals surface area contributed by atoms with Gasteiger partial charge in [-0.25, -0.2) is 14.6 Å². The number of carboxylic acids is 1. The number of carboxylic acid groups (broad SMARTS) is 1. The lowest BCUT2D eigenvalue weighted by Crippen LogP contribution is -2.40. The summed E-state index contributed by atoms with van der Waals surface area (Å²) in [5, 5.41) is 12.4. The Hall–Kier alpha value is -1.63. The van der Waals surface area contributed by atoms with Gasteiger partial charge in [-0.05, 0) is 26.7 Å². The molecule has 1 heterocycles. The molecule has 0 aromatic carbocycles. The number of carbonyl (C=O) groups is 2. The van der Waals surface area contributed by atoms with Crippen LogP contribution in [0.1, 0.15) is 40.1 Å². The van der Waals surface area contributed by atoms with E-state index in [2.05, 4.69) is 10.3 Å². The molecule has 6 nitrogen and oxygen atoms in total. The molecule has 104 valence electrons. The van der Waals surface area contributed by atoms with Crippen LogP contribution in [-0.4, -0.2) is 39.6 Å². The Labute approximate surface area is 115 Å². The first kappa shape index (κ1) is 13.8. The second kappa shape index (κ2) is 5.56. The Morgan fingerprint density at radius 3 is 2.68 bits per heavy atom. The van der Waals surface area contributed by atoms with Crippen molar-refractivity contribution < 1.29 is 14.7 Å². The van der Waals surface area contributed by atoms with Crippen molar-refractivity contribution in [3.05, 3.63) is 15.6 Å². The fourth-order valence-corrected chi connectivity index (χ4v) is 2.78. The van der Waals surface area contributed by atoms with E-state index in [1.165, 1.54) is 0 Å². The van der Waals surface area contributed by atoms with E-state index >= 15 is 0 Å². The van der Waals surface area contributed by atoms with Crippen LogP contribution in [0.4, 0.5) is 4.79 Å². The maximum absolute atomic E-state index is 11.9. The molecule has 1 aromatic rings. The molecule has 2 rings (SSSR count). The predicted octanol–water partition coefficient (Wildman–Crippen LogP) is 1.84. The van der Waals surface area contributed by atoms with Crippen LogP contribution in [0.25, 0.3) is 0 Å². The molecular formula is C12H17N3O3S. The third kappa shape index (κ3) is 3.23. The van der Waals surface area contributed by atoms with E-state index in [1.807, 2.05) is 6.92 Å². The molecule has 1 aliphatic rings. The number of aromatic carboxylic acids is 1. The molecule has 1 fully saturated rings. The first-order chi connectivity index (χ1) is 9.02. The first-order valence-electron chi connectivity index (χ1n) is 6.27. The molecule has 0 saturated heterocycles. The molecule has 2 amide bonds. The van der Waals surface area contributed by atoms with E-state index in [0.717, 1.165) is 24.2 Å². The van der Waals surface area contributed by atoms with Crippen molar-refractivity contribution in [1.29, 1.82) is 0 Å². The van der Waals surface area contributed by atoms with Gasteiger partial charge in [0.25, 0.3) is 0 Å². The summed E-state index contributed by atoms with van der Waals surface area (Å²) in [7, 11) is 0. The van der Waals surface area contributed by atoms with Crippen molar-refractivity contribution in [3.63, 3.8) is 0 Å². The molecule has 2 N–H and O–H groups in total. The van der Waals surface area contributed by atoms with Crippen LogP contribution >= 0.6 is 11.3 Å². The summed E-state index contributed by atoms with van der Waals surface area (Å²) in [6.07, 6.45) is 2.14. The summed E-state index contributed by atoms with van der Waals surface area (Å²) in [5.74, 6) is -0.972. The number of hydrogen-bond acceptors (Lipinski definition) is 4. The summed E-state index contributed by atoms with van der Waals surface area (Å²) in [6, 6.07) is 0.271. The van der Waals surface area contributed by atoms with E-state index in [9.17, 15) is 9.59 Å². The molecule has 19 heavy (non-hydrogen) atoms. The summed E-state index contributed by atoms with van der Waals surface area (Å²) in [5.41, 5.74) is 0.497. The van der Waals surface area contributed by atoms with Gasteiger partial charge in [0.1, 0.15) is 9.88 Å². The van der Waals surface area contributed by atoms with Crippen molar-refractivity contribution in [2.24, 2.45) is 0 Å².